The van der Waals surface area contributed by atoms with E-state index >= 15 is 0 Å². The van der Waals surface area contributed by atoms with Crippen LogP contribution in [0.25, 0.3) is 0 Å². The zero-order chi connectivity index (χ0) is 19.4. The molecule has 4 nitrogen and oxygen atoms in total. The number of hydrogen-bond donors (Lipinski definition) is 0. The van der Waals surface area contributed by atoms with Gasteiger partial charge in [0.25, 0.3) is 0 Å². The molecule has 1 amide bonds. The molecule has 1 aliphatic rings. The predicted molar refractivity (Wildman–Crippen MR) is 107 cm³/mol. The van der Waals surface area contributed by atoms with Crippen molar-refractivity contribution in [2.45, 2.75) is 45.8 Å². The lowest BCUT2D eigenvalue weighted by atomic mass is 9.94. The summed E-state index contributed by atoms with van der Waals surface area (Å²) in [5.41, 5.74) is 1.77. The average molecular weight is 367 g/mol. The Morgan fingerprint density at radius 3 is 2.41 bits per heavy atom. The highest BCUT2D eigenvalue weighted by Crippen LogP contribution is 2.35. The second kappa shape index (κ2) is 8.03. The highest BCUT2D eigenvalue weighted by atomic mass is 16.6. The van der Waals surface area contributed by atoms with E-state index in [-0.39, 0.29) is 18.1 Å². The van der Waals surface area contributed by atoms with Crippen LogP contribution in [0.1, 0.15) is 44.4 Å². The third-order valence-electron chi connectivity index (χ3n) is 4.78. The maximum atomic E-state index is 12.4. The molecular weight excluding hydrogens is 338 g/mol. The molecular formula is C23H29NO3. The molecule has 1 aliphatic heterocycles. The Kier molecular flexibility index (Phi) is 5.73. The number of likely N-dealkylation sites (tertiary alicyclic amines) is 1. The number of aryl methyl sites for hydroxylation is 1. The standard InChI is InChI=1S/C23H29NO3/c1-17-10-8-9-13-20(17)26-21(18-11-6-5-7-12-18)19-14-15-24(16-19)22(25)27-23(2,3)4/h5-13,19,21H,14-16H2,1-4H3. The first-order chi connectivity index (χ1) is 12.8. The van der Waals surface area contributed by atoms with Crippen LogP contribution in [-0.2, 0) is 4.74 Å². The summed E-state index contributed by atoms with van der Waals surface area (Å²) >= 11 is 0. The lowest BCUT2D eigenvalue weighted by Gasteiger charge is -2.27. The molecule has 0 aliphatic carbocycles. The van der Waals surface area contributed by atoms with Gasteiger partial charge in [-0.15, -0.1) is 0 Å². The molecule has 1 fully saturated rings. The SMILES string of the molecule is Cc1ccccc1OC(c1ccccc1)C1CCN(C(=O)OC(C)(C)C)C1. The third-order valence-corrected chi connectivity index (χ3v) is 4.78. The summed E-state index contributed by atoms with van der Waals surface area (Å²) < 4.78 is 12.0. The molecule has 4 heteroatoms. The van der Waals surface area contributed by atoms with E-state index in [9.17, 15) is 4.79 Å². The fraction of sp³-hybridized carbons (Fsp3) is 0.435. The molecule has 2 aromatic carbocycles. The number of amides is 1. The minimum absolute atomic E-state index is 0.0975. The van der Waals surface area contributed by atoms with E-state index in [4.69, 9.17) is 9.47 Å². The van der Waals surface area contributed by atoms with Gasteiger partial charge in [0.1, 0.15) is 17.5 Å². The number of carbonyl (C=O) groups excluding carboxylic acids is 1. The fourth-order valence-electron chi connectivity index (χ4n) is 3.43. The van der Waals surface area contributed by atoms with Crippen molar-refractivity contribution in [2.24, 2.45) is 5.92 Å². The highest BCUT2D eigenvalue weighted by molar-refractivity contribution is 5.68. The lowest BCUT2D eigenvalue weighted by Crippen LogP contribution is -2.36. The first-order valence-electron chi connectivity index (χ1n) is 9.58. The summed E-state index contributed by atoms with van der Waals surface area (Å²) in [6.07, 6.45) is 0.553. The van der Waals surface area contributed by atoms with E-state index < -0.39 is 5.60 Å². The van der Waals surface area contributed by atoms with Gasteiger partial charge in [0, 0.05) is 19.0 Å². The Bertz CT molecular complexity index is 767. The van der Waals surface area contributed by atoms with Crippen molar-refractivity contribution >= 4 is 6.09 Å². The summed E-state index contributed by atoms with van der Waals surface area (Å²) in [7, 11) is 0. The molecule has 0 aromatic heterocycles. The second-order valence-corrected chi connectivity index (χ2v) is 8.19. The van der Waals surface area contributed by atoms with Gasteiger partial charge < -0.3 is 14.4 Å². The van der Waals surface area contributed by atoms with E-state index in [1.807, 2.05) is 57.2 Å². The lowest BCUT2D eigenvalue weighted by molar-refractivity contribution is 0.0273. The van der Waals surface area contributed by atoms with E-state index in [0.717, 1.165) is 23.3 Å². The zero-order valence-corrected chi connectivity index (χ0v) is 16.6. The number of hydrogen-bond acceptors (Lipinski definition) is 3. The Morgan fingerprint density at radius 2 is 1.74 bits per heavy atom. The van der Waals surface area contributed by atoms with Gasteiger partial charge in [-0.3, -0.25) is 0 Å². The van der Waals surface area contributed by atoms with Crippen molar-refractivity contribution in [3.05, 3.63) is 65.7 Å². The number of rotatable bonds is 4. The van der Waals surface area contributed by atoms with Crippen LogP contribution in [0.2, 0.25) is 0 Å². The van der Waals surface area contributed by atoms with Gasteiger partial charge in [0.2, 0.25) is 0 Å². The molecule has 0 bridgehead atoms. The van der Waals surface area contributed by atoms with Crippen molar-refractivity contribution in [1.29, 1.82) is 0 Å². The van der Waals surface area contributed by atoms with Crippen LogP contribution < -0.4 is 4.74 Å². The molecule has 3 rings (SSSR count). The maximum Gasteiger partial charge on any atom is 0.410 e. The number of ether oxygens (including phenoxy) is 2. The van der Waals surface area contributed by atoms with Gasteiger partial charge in [-0.25, -0.2) is 4.79 Å². The van der Waals surface area contributed by atoms with E-state index in [1.54, 1.807) is 4.90 Å². The molecule has 0 spiro atoms. The molecule has 27 heavy (non-hydrogen) atoms. The van der Waals surface area contributed by atoms with Crippen LogP contribution in [0.15, 0.2) is 54.6 Å². The van der Waals surface area contributed by atoms with Crippen molar-refractivity contribution in [3.8, 4) is 5.75 Å². The molecule has 0 radical (unpaired) electrons. The molecule has 1 heterocycles. The summed E-state index contributed by atoms with van der Waals surface area (Å²) in [4.78, 5) is 14.2. The Labute approximate surface area is 162 Å². The molecule has 144 valence electrons. The number of carbonyl (C=O) groups is 1. The van der Waals surface area contributed by atoms with Gasteiger partial charge in [0.15, 0.2) is 0 Å². The van der Waals surface area contributed by atoms with Crippen molar-refractivity contribution in [1.82, 2.24) is 4.90 Å². The van der Waals surface area contributed by atoms with Gasteiger partial charge in [-0.1, -0.05) is 48.5 Å². The van der Waals surface area contributed by atoms with Crippen LogP contribution >= 0.6 is 0 Å². The second-order valence-electron chi connectivity index (χ2n) is 8.19. The summed E-state index contributed by atoms with van der Waals surface area (Å²) in [6.45, 7) is 9.07. The van der Waals surface area contributed by atoms with Crippen LogP contribution in [-0.4, -0.2) is 29.7 Å². The molecule has 2 atom stereocenters. The Hall–Kier alpha value is -2.49. The Morgan fingerprint density at radius 1 is 1.07 bits per heavy atom. The third kappa shape index (κ3) is 5.03. The molecule has 1 saturated heterocycles. The zero-order valence-electron chi connectivity index (χ0n) is 16.6. The quantitative estimate of drug-likeness (QED) is 0.729. The van der Waals surface area contributed by atoms with Gasteiger partial charge in [-0.05, 0) is 51.3 Å². The number of para-hydroxylation sites is 1. The van der Waals surface area contributed by atoms with Crippen molar-refractivity contribution in [3.63, 3.8) is 0 Å². The summed E-state index contributed by atoms with van der Waals surface area (Å²) in [5, 5.41) is 0. The number of nitrogens with zero attached hydrogens (tertiary/aromatic N) is 1. The fourth-order valence-corrected chi connectivity index (χ4v) is 3.43. The highest BCUT2D eigenvalue weighted by Gasteiger charge is 2.36. The van der Waals surface area contributed by atoms with E-state index in [0.29, 0.717) is 13.1 Å². The van der Waals surface area contributed by atoms with Crippen molar-refractivity contribution < 1.29 is 14.3 Å². The summed E-state index contributed by atoms with van der Waals surface area (Å²) in [6, 6.07) is 18.3. The monoisotopic (exact) mass is 367 g/mol. The van der Waals surface area contributed by atoms with Crippen LogP contribution in [0.5, 0.6) is 5.75 Å². The first-order valence-corrected chi connectivity index (χ1v) is 9.58. The summed E-state index contributed by atoms with van der Waals surface area (Å²) in [5.74, 6) is 1.11. The van der Waals surface area contributed by atoms with Gasteiger partial charge in [0.05, 0.1) is 0 Å². The molecule has 0 N–H and O–H groups in total. The predicted octanol–water partition coefficient (Wildman–Crippen LogP) is 5.37. The van der Waals surface area contributed by atoms with E-state index in [2.05, 4.69) is 25.1 Å². The smallest absolute Gasteiger partial charge is 0.410 e. The van der Waals surface area contributed by atoms with Crippen molar-refractivity contribution in [2.75, 3.05) is 13.1 Å². The van der Waals surface area contributed by atoms with Gasteiger partial charge >= 0.3 is 6.09 Å². The van der Waals surface area contributed by atoms with Gasteiger partial charge in [-0.2, -0.15) is 0 Å². The molecule has 2 unspecified atom stereocenters. The largest absolute Gasteiger partial charge is 0.485 e. The van der Waals surface area contributed by atoms with Crippen LogP contribution in [0.4, 0.5) is 4.79 Å². The minimum Gasteiger partial charge on any atom is -0.485 e. The first kappa shape index (κ1) is 19.3. The Balaban J connectivity index is 1.78. The molecule has 0 saturated carbocycles. The van der Waals surface area contributed by atoms with E-state index in [1.165, 1.54) is 0 Å². The maximum absolute atomic E-state index is 12.4. The molecule has 2 aromatic rings. The normalized spacial score (nSPS) is 18.2. The van der Waals surface area contributed by atoms with Crippen LogP contribution in [0.3, 0.4) is 0 Å². The van der Waals surface area contributed by atoms with Crippen LogP contribution in [0, 0.1) is 12.8 Å². The average Bonchev–Trinajstić information content (AvgIpc) is 3.10. The topological polar surface area (TPSA) is 38.8 Å². The number of benzene rings is 2. The minimum atomic E-state index is -0.481.